The minimum atomic E-state index is -0.737. The summed E-state index contributed by atoms with van der Waals surface area (Å²) in [6.45, 7) is 1.55. The summed E-state index contributed by atoms with van der Waals surface area (Å²) in [5, 5.41) is 12.1. The van der Waals surface area contributed by atoms with E-state index in [1.54, 1.807) is 11.8 Å². The number of aliphatic carboxylic acids is 1. The quantitative estimate of drug-likeness (QED) is 0.676. The van der Waals surface area contributed by atoms with Crippen molar-refractivity contribution in [3.05, 3.63) is 0 Å². The summed E-state index contributed by atoms with van der Waals surface area (Å²) in [5.74, 6) is -0.0606. The number of carboxylic acid groups (broad SMARTS) is 1. The van der Waals surface area contributed by atoms with Gasteiger partial charge in [0.1, 0.15) is 6.04 Å². The molecule has 0 aromatic rings. The molecule has 2 fully saturated rings. The van der Waals surface area contributed by atoms with E-state index in [1.807, 2.05) is 0 Å². The van der Waals surface area contributed by atoms with Crippen LogP contribution in [0.25, 0.3) is 0 Å². The highest BCUT2D eigenvalue weighted by Crippen LogP contribution is 2.38. The van der Waals surface area contributed by atoms with E-state index < -0.39 is 5.97 Å². The largest absolute Gasteiger partial charge is 0.480 e. The third kappa shape index (κ3) is 2.04. The van der Waals surface area contributed by atoms with Crippen LogP contribution in [0.5, 0.6) is 0 Å². The fraction of sp³-hybridized carbons (Fsp3) is 0.889. The summed E-state index contributed by atoms with van der Waals surface area (Å²) >= 11 is 1.74. The first-order valence-electron chi connectivity index (χ1n) is 4.94. The highest BCUT2D eigenvalue weighted by Gasteiger charge is 2.41. The zero-order valence-corrected chi connectivity index (χ0v) is 8.81. The molecule has 0 saturated carbocycles. The van der Waals surface area contributed by atoms with E-state index in [4.69, 9.17) is 9.84 Å². The van der Waals surface area contributed by atoms with E-state index in [1.165, 1.54) is 0 Å². The van der Waals surface area contributed by atoms with Gasteiger partial charge in [0.05, 0.1) is 4.87 Å². The van der Waals surface area contributed by atoms with Crippen molar-refractivity contribution in [1.29, 1.82) is 0 Å². The Morgan fingerprint density at radius 1 is 1.50 bits per heavy atom. The van der Waals surface area contributed by atoms with E-state index in [0.717, 1.165) is 32.5 Å². The maximum atomic E-state index is 10.8. The highest BCUT2D eigenvalue weighted by molar-refractivity contribution is 8.00. The van der Waals surface area contributed by atoms with Crippen LogP contribution in [0.4, 0.5) is 0 Å². The van der Waals surface area contributed by atoms with Crippen LogP contribution < -0.4 is 5.32 Å². The molecule has 0 aliphatic carbocycles. The standard InChI is InChI=1S/C9H15NO3S/c11-8(12)7-6-14-9(10-7)2-1-4-13-5-3-9/h7,10H,1-6H2,(H,11,12). The number of carboxylic acids is 1. The Labute approximate surface area is 87.4 Å². The van der Waals surface area contributed by atoms with Gasteiger partial charge in [0.25, 0.3) is 0 Å². The second kappa shape index (κ2) is 4.08. The summed E-state index contributed by atoms with van der Waals surface area (Å²) in [6.07, 6.45) is 2.95. The van der Waals surface area contributed by atoms with Gasteiger partial charge in [-0.1, -0.05) is 0 Å². The Morgan fingerprint density at radius 3 is 3.07 bits per heavy atom. The SMILES string of the molecule is O=C(O)C1CSC2(CCCOCC2)N1. The van der Waals surface area contributed by atoms with Crippen LogP contribution in [0.1, 0.15) is 19.3 Å². The Hall–Kier alpha value is -0.260. The maximum absolute atomic E-state index is 10.8. The summed E-state index contributed by atoms with van der Waals surface area (Å²) < 4.78 is 5.38. The molecule has 0 bridgehead atoms. The summed E-state index contributed by atoms with van der Waals surface area (Å²) in [4.78, 5) is 10.8. The number of ether oxygens (including phenoxy) is 1. The lowest BCUT2D eigenvalue weighted by molar-refractivity contribution is -0.138. The summed E-state index contributed by atoms with van der Waals surface area (Å²) in [7, 11) is 0. The number of thioether (sulfide) groups is 1. The highest BCUT2D eigenvalue weighted by atomic mass is 32.2. The van der Waals surface area contributed by atoms with Crippen molar-refractivity contribution in [3.8, 4) is 0 Å². The zero-order valence-electron chi connectivity index (χ0n) is 7.99. The van der Waals surface area contributed by atoms with Gasteiger partial charge in [0, 0.05) is 19.0 Å². The number of nitrogens with one attached hydrogen (secondary N) is 1. The molecule has 2 aliphatic rings. The number of hydrogen-bond donors (Lipinski definition) is 2. The molecular formula is C9H15NO3S. The predicted molar refractivity (Wildman–Crippen MR) is 54.4 cm³/mol. The molecule has 14 heavy (non-hydrogen) atoms. The molecule has 80 valence electrons. The predicted octanol–water partition coefficient (Wildman–Crippen LogP) is 0.673. The van der Waals surface area contributed by atoms with Crippen molar-refractivity contribution in [1.82, 2.24) is 5.32 Å². The third-order valence-electron chi connectivity index (χ3n) is 2.78. The zero-order chi connectivity index (χ0) is 10.0. The van der Waals surface area contributed by atoms with Gasteiger partial charge in [-0.2, -0.15) is 0 Å². The van der Waals surface area contributed by atoms with Gasteiger partial charge in [-0.05, 0) is 19.3 Å². The fourth-order valence-corrected chi connectivity index (χ4v) is 3.44. The van der Waals surface area contributed by atoms with Crippen molar-refractivity contribution >= 4 is 17.7 Å². The van der Waals surface area contributed by atoms with Crippen molar-refractivity contribution in [2.75, 3.05) is 19.0 Å². The molecule has 2 saturated heterocycles. The lowest BCUT2D eigenvalue weighted by Gasteiger charge is -2.26. The normalized spacial score (nSPS) is 38.4. The van der Waals surface area contributed by atoms with Gasteiger partial charge in [-0.15, -0.1) is 11.8 Å². The third-order valence-corrected chi connectivity index (χ3v) is 4.36. The number of hydrogen-bond acceptors (Lipinski definition) is 4. The molecule has 2 rings (SSSR count). The fourth-order valence-electron chi connectivity index (χ4n) is 1.99. The molecule has 2 unspecified atom stereocenters. The van der Waals surface area contributed by atoms with E-state index in [2.05, 4.69) is 5.32 Å². The van der Waals surface area contributed by atoms with Crippen molar-refractivity contribution in [2.45, 2.75) is 30.2 Å². The molecule has 0 aromatic heterocycles. The molecule has 2 N–H and O–H groups in total. The smallest absolute Gasteiger partial charge is 0.321 e. The molecule has 5 heteroatoms. The van der Waals surface area contributed by atoms with Crippen LogP contribution >= 0.6 is 11.8 Å². The van der Waals surface area contributed by atoms with Crippen LogP contribution in [-0.4, -0.2) is 41.0 Å². The van der Waals surface area contributed by atoms with Crippen LogP contribution in [0.2, 0.25) is 0 Å². The molecule has 0 radical (unpaired) electrons. The maximum Gasteiger partial charge on any atom is 0.321 e. The van der Waals surface area contributed by atoms with Gasteiger partial charge in [-0.25, -0.2) is 0 Å². The van der Waals surface area contributed by atoms with Crippen molar-refractivity contribution in [2.24, 2.45) is 0 Å². The van der Waals surface area contributed by atoms with Crippen molar-refractivity contribution in [3.63, 3.8) is 0 Å². The minimum absolute atomic E-state index is 0.0282. The first kappa shape index (κ1) is 10.3. The molecule has 2 heterocycles. The Balaban J connectivity index is 1.99. The Bertz CT molecular complexity index is 226. The van der Waals surface area contributed by atoms with Crippen LogP contribution in [0, 0.1) is 0 Å². The molecule has 0 aromatic carbocycles. The topological polar surface area (TPSA) is 58.6 Å². The second-order valence-corrected chi connectivity index (χ2v) is 5.21. The molecular weight excluding hydrogens is 202 g/mol. The van der Waals surface area contributed by atoms with E-state index in [-0.39, 0.29) is 10.9 Å². The minimum Gasteiger partial charge on any atom is -0.480 e. The van der Waals surface area contributed by atoms with Crippen molar-refractivity contribution < 1.29 is 14.6 Å². The Kier molecular flexibility index (Phi) is 2.99. The summed E-state index contributed by atoms with van der Waals surface area (Å²) in [6, 6.07) is -0.377. The number of rotatable bonds is 1. The van der Waals surface area contributed by atoms with Crippen LogP contribution in [0.3, 0.4) is 0 Å². The first-order chi connectivity index (χ1) is 6.72. The van der Waals surface area contributed by atoms with Gasteiger partial charge < -0.3 is 9.84 Å². The molecule has 2 aliphatic heterocycles. The second-order valence-electron chi connectivity index (χ2n) is 3.81. The van der Waals surface area contributed by atoms with Gasteiger partial charge in [0.2, 0.25) is 0 Å². The lowest BCUT2D eigenvalue weighted by Crippen LogP contribution is -2.45. The van der Waals surface area contributed by atoms with E-state index in [0.29, 0.717) is 5.75 Å². The summed E-state index contributed by atoms with van der Waals surface area (Å²) in [5.41, 5.74) is 0. The van der Waals surface area contributed by atoms with Gasteiger partial charge >= 0.3 is 5.97 Å². The average molecular weight is 217 g/mol. The molecule has 1 spiro atoms. The van der Waals surface area contributed by atoms with E-state index >= 15 is 0 Å². The lowest BCUT2D eigenvalue weighted by atomic mass is 10.1. The molecule has 2 atom stereocenters. The average Bonchev–Trinajstić information content (AvgIpc) is 2.41. The molecule has 0 amide bonds. The first-order valence-corrected chi connectivity index (χ1v) is 5.93. The van der Waals surface area contributed by atoms with E-state index in [9.17, 15) is 4.79 Å². The molecule has 4 nitrogen and oxygen atoms in total. The Morgan fingerprint density at radius 2 is 2.36 bits per heavy atom. The van der Waals surface area contributed by atoms with Crippen LogP contribution in [-0.2, 0) is 9.53 Å². The van der Waals surface area contributed by atoms with Gasteiger partial charge in [0.15, 0.2) is 0 Å². The van der Waals surface area contributed by atoms with Crippen LogP contribution in [0.15, 0.2) is 0 Å². The monoisotopic (exact) mass is 217 g/mol. The van der Waals surface area contributed by atoms with Gasteiger partial charge in [-0.3, -0.25) is 10.1 Å². The number of carbonyl (C=O) groups is 1.